The van der Waals surface area contributed by atoms with Crippen LogP contribution >= 0.6 is 11.8 Å². The summed E-state index contributed by atoms with van der Waals surface area (Å²) in [6.45, 7) is 1.53. The van der Waals surface area contributed by atoms with E-state index < -0.39 is 0 Å². The van der Waals surface area contributed by atoms with Gasteiger partial charge in [0.05, 0.1) is 0 Å². The smallest absolute Gasteiger partial charge is 0.153 e. The minimum Gasteiger partial charge on any atom is -0.399 e. The monoisotopic (exact) mass is 193 g/mol. The molecule has 0 aliphatic heterocycles. The lowest BCUT2D eigenvalue weighted by atomic mass is 10.3. The lowest BCUT2D eigenvalue weighted by molar-refractivity contribution is -0.112. The zero-order valence-electron chi connectivity index (χ0n) is 7.36. The minimum atomic E-state index is 0.0583. The van der Waals surface area contributed by atoms with Gasteiger partial charge in [-0.3, -0.25) is 4.79 Å². The summed E-state index contributed by atoms with van der Waals surface area (Å²) in [5.74, 6) is 0.0583. The summed E-state index contributed by atoms with van der Waals surface area (Å²) in [4.78, 5) is 11.6. The normalized spacial score (nSPS) is 10.5. The number of benzene rings is 1. The summed E-state index contributed by atoms with van der Waals surface area (Å²) in [6.07, 6.45) is 1.54. The first kappa shape index (κ1) is 9.86. The molecule has 0 aliphatic carbocycles. The Morgan fingerprint density at radius 2 is 2.00 bits per heavy atom. The van der Waals surface area contributed by atoms with E-state index in [0.29, 0.717) is 0 Å². The molecule has 1 aromatic carbocycles. The van der Waals surface area contributed by atoms with Crippen LogP contribution in [0.15, 0.2) is 40.6 Å². The standard InChI is InChI=1S/C10H11NOS/c1-8(12)6-7-13-10-4-2-9(11)3-5-10/h2-7H,11H2,1H3/b7-6+. The van der Waals surface area contributed by atoms with E-state index in [-0.39, 0.29) is 5.78 Å². The van der Waals surface area contributed by atoms with E-state index in [2.05, 4.69) is 0 Å². The zero-order chi connectivity index (χ0) is 9.68. The van der Waals surface area contributed by atoms with E-state index in [1.54, 1.807) is 11.5 Å². The summed E-state index contributed by atoms with van der Waals surface area (Å²) in [6, 6.07) is 7.52. The van der Waals surface area contributed by atoms with Gasteiger partial charge in [-0.2, -0.15) is 0 Å². The highest BCUT2D eigenvalue weighted by atomic mass is 32.2. The van der Waals surface area contributed by atoms with Crippen LogP contribution in [0.2, 0.25) is 0 Å². The molecule has 1 rings (SSSR count). The second-order valence-electron chi connectivity index (χ2n) is 2.60. The molecule has 0 aromatic heterocycles. The Balaban J connectivity index is 2.55. The van der Waals surface area contributed by atoms with Gasteiger partial charge < -0.3 is 5.73 Å². The number of rotatable bonds is 3. The summed E-state index contributed by atoms with van der Waals surface area (Å²) in [7, 11) is 0. The Bertz CT molecular complexity index is 316. The maximum Gasteiger partial charge on any atom is 0.153 e. The Morgan fingerprint density at radius 1 is 1.38 bits per heavy atom. The number of nitrogen functional groups attached to an aromatic ring is 1. The minimum absolute atomic E-state index is 0.0583. The van der Waals surface area contributed by atoms with Crippen molar-refractivity contribution in [1.82, 2.24) is 0 Å². The number of anilines is 1. The van der Waals surface area contributed by atoms with Crippen molar-refractivity contribution in [2.24, 2.45) is 0 Å². The highest BCUT2D eigenvalue weighted by Gasteiger charge is 1.89. The molecule has 0 saturated carbocycles. The number of carbonyl (C=O) groups excluding carboxylic acids is 1. The fraction of sp³-hybridized carbons (Fsp3) is 0.100. The predicted octanol–water partition coefficient (Wildman–Crippen LogP) is 2.46. The number of nitrogens with two attached hydrogens (primary N) is 1. The van der Waals surface area contributed by atoms with Crippen molar-refractivity contribution < 1.29 is 4.79 Å². The number of allylic oxidation sites excluding steroid dienone is 1. The summed E-state index contributed by atoms with van der Waals surface area (Å²) < 4.78 is 0. The third kappa shape index (κ3) is 3.80. The first-order valence-corrected chi connectivity index (χ1v) is 4.76. The van der Waals surface area contributed by atoms with Crippen molar-refractivity contribution in [1.29, 1.82) is 0 Å². The van der Waals surface area contributed by atoms with E-state index in [1.807, 2.05) is 24.3 Å². The van der Waals surface area contributed by atoms with E-state index in [0.717, 1.165) is 10.6 Å². The van der Waals surface area contributed by atoms with Gasteiger partial charge in [0.15, 0.2) is 5.78 Å². The molecule has 2 nitrogen and oxygen atoms in total. The van der Waals surface area contributed by atoms with E-state index >= 15 is 0 Å². The molecule has 2 N–H and O–H groups in total. The van der Waals surface area contributed by atoms with Crippen molar-refractivity contribution >= 4 is 23.2 Å². The SMILES string of the molecule is CC(=O)/C=C/Sc1ccc(N)cc1. The topological polar surface area (TPSA) is 43.1 Å². The third-order valence-electron chi connectivity index (χ3n) is 1.39. The molecule has 68 valence electrons. The summed E-state index contributed by atoms with van der Waals surface area (Å²) >= 11 is 1.50. The van der Waals surface area contributed by atoms with Crippen LogP contribution in [0.3, 0.4) is 0 Å². The van der Waals surface area contributed by atoms with Gasteiger partial charge in [0, 0.05) is 10.6 Å². The molecule has 0 spiro atoms. The van der Waals surface area contributed by atoms with Gasteiger partial charge >= 0.3 is 0 Å². The van der Waals surface area contributed by atoms with Crippen LogP contribution in [0.1, 0.15) is 6.92 Å². The van der Waals surface area contributed by atoms with Gasteiger partial charge in [-0.1, -0.05) is 11.8 Å². The first-order chi connectivity index (χ1) is 6.18. The van der Waals surface area contributed by atoms with Gasteiger partial charge in [-0.05, 0) is 42.7 Å². The summed E-state index contributed by atoms with van der Waals surface area (Å²) in [5, 5.41) is 1.77. The number of carbonyl (C=O) groups is 1. The molecular weight excluding hydrogens is 182 g/mol. The van der Waals surface area contributed by atoms with Crippen molar-refractivity contribution in [3.63, 3.8) is 0 Å². The van der Waals surface area contributed by atoms with Crippen LogP contribution in [-0.2, 0) is 4.79 Å². The van der Waals surface area contributed by atoms with Gasteiger partial charge in [0.2, 0.25) is 0 Å². The van der Waals surface area contributed by atoms with Crippen LogP contribution in [-0.4, -0.2) is 5.78 Å². The molecule has 0 amide bonds. The van der Waals surface area contributed by atoms with Gasteiger partial charge in [0.1, 0.15) is 0 Å². The van der Waals surface area contributed by atoms with Crippen LogP contribution in [0, 0.1) is 0 Å². The quantitative estimate of drug-likeness (QED) is 0.455. The van der Waals surface area contributed by atoms with Crippen LogP contribution < -0.4 is 5.73 Å². The maximum absolute atomic E-state index is 10.6. The largest absolute Gasteiger partial charge is 0.399 e. The molecule has 0 saturated heterocycles. The van der Waals surface area contributed by atoms with Gasteiger partial charge in [-0.15, -0.1) is 0 Å². The lowest BCUT2D eigenvalue weighted by Gasteiger charge is -1.95. The Kier molecular flexibility index (Phi) is 3.58. The molecule has 1 aromatic rings. The first-order valence-electron chi connectivity index (χ1n) is 3.88. The summed E-state index contributed by atoms with van der Waals surface area (Å²) in [5.41, 5.74) is 6.27. The third-order valence-corrected chi connectivity index (χ3v) is 2.20. The second kappa shape index (κ2) is 4.72. The molecule has 0 bridgehead atoms. The van der Waals surface area contributed by atoms with Crippen LogP contribution in [0.5, 0.6) is 0 Å². The van der Waals surface area contributed by atoms with E-state index in [9.17, 15) is 4.79 Å². The number of ketones is 1. The number of thioether (sulfide) groups is 1. The highest BCUT2D eigenvalue weighted by molar-refractivity contribution is 8.02. The average molecular weight is 193 g/mol. The Labute approximate surface area is 81.8 Å². The number of hydrogen-bond acceptors (Lipinski definition) is 3. The molecular formula is C10H11NOS. The van der Waals surface area contributed by atoms with Crippen molar-refractivity contribution in [3.05, 3.63) is 35.7 Å². The predicted molar refractivity (Wildman–Crippen MR) is 56.5 cm³/mol. The van der Waals surface area contributed by atoms with Crippen LogP contribution in [0.25, 0.3) is 0 Å². The van der Waals surface area contributed by atoms with Gasteiger partial charge in [0.25, 0.3) is 0 Å². The molecule has 0 radical (unpaired) electrons. The molecule has 0 atom stereocenters. The van der Waals surface area contributed by atoms with E-state index in [4.69, 9.17) is 5.73 Å². The molecule has 0 heterocycles. The molecule has 0 aliphatic rings. The Hall–Kier alpha value is -1.22. The van der Waals surface area contributed by atoms with E-state index in [1.165, 1.54) is 18.7 Å². The maximum atomic E-state index is 10.6. The lowest BCUT2D eigenvalue weighted by Crippen LogP contribution is -1.82. The molecule has 13 heavy (non-hydrogen) atoms. The molecule has 0 unspecified atom stereocenters. The fourth-order valence-corrected chi connectivity index (χ4v) is 1.46. The van der Waals surface area contributed by atoms with Crippen molar-refractivity contribution in [2.45, 2.75) is 11.8 Å². The van der Waals surface area contributed by atoms with Crippen LogP contribution in [0.4, 0.5) is 5.69 Å². The van der Waals surface area contributed by atoms with Crippen molar-refractivity contribution in [3.8, 4) is 0 Å². The van der Waals surface area contributed by atoms with Crippen molar-refractivity contribution in [2.75, 3.05) is 5.73 Å². The average Bonchev–Trinajstić information content (AvgIpc) is 2.08. The van der Waals surface area contributed by atoms with Gasteiger partial charge in [-0.25, -0.2) is 0 Å². The second-order valence-corrected chi connectivity index (χ2v) is 3.58. The zero-order valence-corrected chi connectivity index (χ0v) is 8.17. The number of hydrogen-bond donors (Lipinski definition) is 1. The molecule has 3 heteroatoms. The Morgan fingerprint density at radius 3 is 2.54 bits per heavy atom. The fourth-order valence-electron chi connectivity index (χ4n) is 0.755. The highest BCUT2D eigenvalue weighted by Crippen LogP contribution is 2.19. The molecule has 0 fully saturated rings.